The summed E-state index contributed by atoms with van der Waals surface area (Å²) < 4.78 is 22.4. The molecule has 5 heteroatoms. The largest absolute Gasteiger partial charge is 0.390 e. The first-order valence-electron chi connectivity index (χ1n) is 6.56. The maximum Gasteiger partial charge on any atom is 0.172 e. The van der Waals surface area contributed by atoms with E-state index in [2.05, 4.69) is 0 Å². The molecule has 1 spiro atoms. The van der Waals surface area contributed by atoms with Crippen molar-refractivity contribution in [2.24, 2.45) is 0 Å². The van der Waals surface area contributed by atoms with Gasteiger partial charge in [-0.25, -0.2) is 0 Å². The van der Waals surface area contributed by atoms with Gasteiger partial charge in [0.2, 0.25) is 0 Å². The zero-order chi connectivity index (χ0) is 13.2. The van der Waals surface area contributed by atoms with Crippen molar-refractivity contribution in [2.75, 3.05) is 27.4 Å². The quantitative estimate of drug-likeness (QED) is 0.820. The van der Waals surface area contributed by atoms with E-state index in [0.29, 0.717) is 19.6 Å². The van der Waals surface area contributed by atoms with E-state index in [1.807, 2.05) is 6.92 Å². The van der Waals surface area contributed by atoms with E-state index in [4.69, 9.17) is 18.9 Å². The molecule has 1 N–H and O–H groups in total. The van der Waals surface area contributed by atoms with E-state index in [1.165, 1.54) is 0 Å². The monoisotopic (exact) mass is 260 g/mol. The van der Waals surface area contributed by atoms with Crippen LogP contribution >= 0.6 is 0 Å². The van der Waals surface area contributed by atoms with Crippen molar-refractivity contribution >= 4 is 0 Å². The number of aliphatic hydroxyl groups is 1. The minimum absolute atomic E-state index is 0.121. The van der Waals surface area contributed by atoms with E-state index in [9.17, 15) is 5.11 Å². The van der Waals surface area contributed by atoms with Crippen molar-refractivity contribution in [3.8, 4) is 0 Å². The summed E-state index contributed by atoms with van der Waals surface area (Å²) in [6, 6.07) is 0. The zero-order valence-corrected chi connectivity index (χ0v) is 11.5. The molecule has 0 aromatic carbocycles. The van der Waals surface area contributed by atoms with Gasteiger partial charge in [-0.1, -0.05) is 0 Å². The van der Waals surface area contributed by atoms with Crippen LogP contribution in [0.15, 0.2) is 0 Å². The van der Waals surface area contributed by atoms with Crippen LogP contribution in [0.3, 0.4) is 0 Å². The Labute approximate surface area is 108 Å². The van der Waals surface area contributed by atoms with Gasteiger partial charge in [0.05, 0.1) is 18.8 Å². The Morgan fingerprint density at radius 1 is 1.11 bits per heavy atom. The fraction of sp³-hybridized carbons (Fsp3) is 1.00. The Morgan fingerprint density at radius 3 is 2.11 bits per heavy atom. The molecular weight excluding hydrogens is 236 g/mol. The summed E-state index contributed by atoms with van der Waals surface area (Å²) in [6.07, 6.45) is 2.80. The second-order valence-electron chi connectivity index (χ2n) is 5.66. The molecule has 106 valence electrons. The molecule has 5 nitrogen and oxygen atoms in total. The van der Waals surface area contributed by atoms with Crippen LogP contribution in [-0.4, -0.2) is 56.1 Å². The molecule has 2 rings (SSSR count). The molecule has 1 saturated carbocycles. The third kappa shape index (κ3) is 3.03. The minimum atomic E-state index is -0.710. The molecule has 0 bridgehead atoms. The highest BCUT2D eigenvalue weighted by Gasteiger charge is 2.52. The van der Waals surface area contributed by atoms with E-state index in [1.54, 1.807) is 14.2 Å². The van der Waals surface area contributed by atoms with E-state index in [0.717, 1.165) is 19.3 Å². The first-order chi connectivity index (χ1) is 8.50. The van der Waals surface area contributed by atoms with Crippen molar-refractivity contribution in [3.63, 3.8) is 0 Å². The average Bonchev–Trinajstić information content (AvgIpc) is 2.55. The molecule has 0 radical (unpaired) electrons. The second-order valence-corrected chi connectivity index (χ2v) is 5.66. The third-order valence-electron chi connectivity index (χ3n) is 3.73. The van der Waals surface area contributed by atoms with Gasteiger partial charge in [-0.2, -0.15) is 0 Å². The molecule has 3 atom stereocenters. The second kappa shape index (κ2) is 5.43. The van der Waals surface area contributed by atoms with Gasteiger partial charge in [0, 0.05) is 27.1 Å². The molecule has 0 aromatic rings. The van der Waals surface area contributed by atoms with E-state index >= 15 is 0 Å². The number of rotatable bonds is 4. The molecule has 2 aliphatic rings. The number of ether oxygens (including phenoxy) is 4. The van der Waals surface area contributed by atoms with Gasteiger partial charge in [0.1, 0.15) is 12.2 Å². The summed E-state index contributed by atoms with van der Waals surface area (Å²) in [7, 11) is 3.30. The highest BCUT2D eigenvalue weighted by molar-refractivity contribution is 4.94. The smallest absolute Gasteiger partial charge is 0.172 e. The van der Waals surface area contributed by atoms with Crippen LogP contribution in [0.25, 0.3) is 0 Å². The SMILES string of the molecule is COC[C@@H]1OC2(CCCC(C)(O)C2)O[C@H]1COC. The Balaban J connectivity index is 2.06. The highest BCUT2D eigenvalue weighted by Crippen LogP contribution is 2.44. The van der Waals surface area contributed by atoms with Crippen LogP contribution in [0.1, 0.15) is 32.6 Å². The lowest BCUT2D eigenvalue weighted by Gasteiger charge is -2.40. The summed E-state index contributed by atoms with van der Waals surface area (Å²) in [5.74, 6) is -0.659. The standard InChI is InChI=1S/C13H24O5/c1-12(14)5-4-6-13(9-12)17-10(7-15-2)11(18-13)8-16-3/h10-11,14H,4-9H2,1-3H3/t10-,11-,12?/m0/s1. The molecular formula is C13H24O5. The van der Waals surface area contributed by atoms with Crippen molar-refractivity contribution in [1.82, 2.24) is 0 Å². The highest BCUT2D eigenvalue weighted by atomic mass is 16.8. The predicted octanol–water partition coefficient (Wildman–Crippen LogP) is 1.08. The first kappa shape index (κ1) is 14.2. The molecule has 1 heterocycles. The van der Waals surface area contributed by atoms with Gasteiger partial charge in [0.15, 0.2) is 5.79 Å². The van der Waals surface area contributed by atoms with Crippen LogP contribution < -0.4 is 0 Å². The van der Waals surface area contributed by atoms with Crippen LogP contribution in [0.2, 0.25) is 0 Å². The molecule has 0 aromatic heterocycles. The Morgan fingerprint density at radius 2 is 1.67 bits per heavy atom. The molecule has 2 fully saturated rings. The number of hydrogen-bond donors (Lipinski definition) is 1. The molecule has 1 aliphatic heterocycles. The molecule has 1 aliphatic carbocycles. The van der Waals surface area contributed by atoms with Gasteiger partial charge >= 0.3 is 0 Å². The van der Waals surface area contributed by atoms with Crippen LogP contribution in [0.5, 0.6) is 0 Å². The van der Waals surface area contributed by atoms with Gasteiger partial charge in [-0.05, 0) is 19.8 Å². The van der Waals surface area contributed by atoms with Crippen LogP contribution in [-0.2, 0) is 18.9 Å². The van der Waals surface area contributed by atoms with E-state index < -0.39 is 11.4 Å². The zero-order valence-electron chi connectivity index (χ0n) is 11.5. The van der Waals surface area contributed by atoms with Gasteiger partial charge < -0.3 is 24.1 Å². The van der Waals surface area contributed by atoms with Crippen LogP contribution in [0, 0.1) is 0 Å². The summed E-state index contributed by atoms with van der Waals surface area (Å²) in [5.41, 5.74) is -0.710. The lowest BCUT2D eigenvalue weighted by molar-refractivity contribution is -0.230. The summed E-state index contributed by atoms with van der Waals surface area (Å²) in [4.78, 5) is 0. The Hall–Kier alpha value is -0.200. The van der Waals surface area contributed by atoms with Crippen LogP contribution in [0.4, 0.5) is 0 Å². The van der Waals surface area contributed by atoms with Crippen molar-refractivity contribution in [1.29, 1.82) is 0 Å². The van der Waals surface area contributed by atoms with Crippen molar-refractivity contribution < 1.29 is 24.1 Å². The number of methoxy groups -OCH3 is 2. The van der Waals surface area contributed by atoms with Crippen molar-refractivity contribution in [3.05, 3.63) is 0 Å². The fourth-order valence-electron chi connectivity index (χ4n) is 3.04. The topological polar surface area (TPSA) is 57.2 Å². The number of hydrogen-bond acceptors (Lipinski definition) is 5. The summed E-state index contributed by atoms with van der Waals surface area (Å²) >= 11 is 0. The average molecular weight is 260 g/mol. The summed E-state index contributed by atoms with van der Waals surface area (Å²) in [5, 5.41) is 10.2. The minimum Gasteiger partial charge on any atom is -0.390 e. The maximum atomic E-state index is 10.2. The predicted molar refractivity (Wildman–Crippen MR) is 65.3 cm³/mol. The van der Waals surface area contributed by atoms with Gasteiger partial charge in [0.25, 0.3) is 0 Å². The fourth-order valence-corrected chi connectivity index (χ4v) is 3.04. The normalized spacial score (nSPS) is 39.3. The third-order valence-corrected chi connectivity index (χ3v) is 3.73. The molecule has 0 amide bonds. The van der Waals surface area contributed by atoms with E-state index in [-0.39, 0.29) is 12.2 Å². The maximum absolute atomic E-state index is 10.2. The Kier molecular flexibility index (Phi) is 4.29. The van der Waals surface area contributed by atoms with Gasteiger partial charge in [-0.15, -0.1) is 0 Å². The summed E-state index contributed by atoms with van der Waals surface area (Å²) in [6.45, 7) is 2.81. The Bertz CT molecular complexity index is 265. The lowest BCUT2D eigenvalue weighted by Crippen LogP contribution is -2.45. The first-order valence-corrected chi connectivity index (χ1v) is 6.56. The molecule has 1 unspecified atom stereocenters. The van der Waals surface area contributed by atoms with Crippen molar-refractivity contribution in [2.45, 2.75) is 56.2 Å². The lowest BCUT2D eigenvalue weighted by atomic mass is 9.82. The molecule has 18 heavy (non-hydrogen) atoms. The molecule has 1 saturated heterocycles. The van der Waals surface area contributed by atoms with Gasteiger partial charge in [-0.3, -0.25) is 0 Å².